The first-order valence-electron chi connectivity index (χ1n) is 8.08. The van der Waals surface area contributed by atoms with E-state index < -0.39 is 0 Å². The minimum Gasteiger partial charge on any atom is -0.381 e. The lowest BCUT2D eigenvalue weighted by Gasteiger charge is -2.40. The average Bonchev–Trinajstić information content (AvgIpc) is 2.79. The van der Waals surface area contributed by atoms with Gasteiger partial charge >= 0.3 is 0 Å². The molecule has 0 saturated heterocycles. The van der Waals surface area contributed by atoms with E-state index >= 15 is 0 Å². The van der Waals surface area contributed by atoms with Crippen LogP contribution < -0.4 is 5.32 Å². The summed E-state index contributed by atoms with van der Waals surface area (Å²) >= 11 is 1.87. The van der Waals surface area contributed by atoms with Gasteiger partial charge in [-0.15, -0.1) is 18.3 Å². The molecule has 21 heavy (non-hydrogen) atoms. The van der Waals surface area contributed by atoms with Gasteiger partial charge in [0.1, 0.15) is 0 Å². The van der Waals surface area contributed by atoms with Crippen LogP contribution in [0.3, 0.4) is 0 Å². The minimum atomic E-state index is 0.424. The molecule has 2 saturated carbocycles. The van der Waals surface area contributed by atoms with E-state index in [9.17, 15) is 0 Å². The van der Waals surface area contributed by atoms with E-state index in [1.807, 2.05) is 17.8 Å². The van der Waals surface area contributed by atoms with E-state index in [2.05, 4.69) is 56.9 Å². The molecule has 0 aromatic heterocycles. The summed E-state index contributed by atoms with van der Waals surface area (Å²) in [4.78, 5) is 1.35. The van der Waals surface area contributed by atoms with Gasteiger partial charge in [-0.1, -0.05) is 39.0 Å². The Balaban J connectivity index is 1.81. The number of hydrogen-bond acceptors (Lipinski definition) is 2. The van der Waals surface area contributed by atoms with Crippen molar-refractivity contribution in [2.24, 2.45) is 16.7 Å². The molecular weight excluding hydrogens is 274 g/mol. The number of hydrogen-bond donors (Lipinski definition) is 1. The molecule has 2 heteroatoms. The van der Waals surface area contributed by atoms with Crippen molar-refractivity contribution in [3.63, 3.8) is 0 Å². The van der Waals surface area contributed by atoms with Crippen LogP contribution in [0, 0.1) is 16.7 Å². The SMILES string of the molecule is C=CCSc1ccccc1NC1CC2CCC1(C)C2(C)C. The molecule has 0 spiro atoms. The molecule has 1 aromatic carbocycles. The van der Waals surface area contributed by atoms with Crippen molar-refractivity contribution in [1.29, 1.82) is 0 Å². The lowest BCUT2D eigenvalue weighted by Crippen LogP contribution is -2.40. The molecule has 1 aromatic rings. The second kappa shape index (κ2) is 5.39. The molecule has 0 amide bonds. The van der Waals surface area contributed by atoms with Crippen molar-refractivity contribution >= 4 is 17.4 Å². The normalized spacial score (nSPS) is 33.1. The standard InChI is InChI=1S/C19H27NS/c1-5-12-21-16-9-7-6-8-15(16)20-17-13-14-10-11-19(17,4)18(14,2)3/h5-9,14,17,20H,1,10-13H2,2-4H3. The average molecular weight is 301 g/mol. The third-order valence-corrected chi connectivity index (χ3v) is 7.44. The van der Waals surface area contributed by atoms with Crippen molar-refractivity contribution in [3.8, 4) is 0 Å². The molecule has 2 aliphatic carbocycles. The van der Waals surface area contributed by atoms with Gasteiger partial charge in [-0.25, -0.2) is 0 Å². The summed E-state index contributed by atoms with van der Waals surface area (Å²) in [5, 5.41) is 3.89. The molecule has 0 heterocycles. The highest BCUT2D eigenvalue weighted by Gasteiger charge is 2.61. The molecule has 0 radical (unpaired) electrons. The van der Waals surface area contributed by atoms with Gasteiger partial charge in [-0.2, -0.15) is 0 Å². The van der Waals surface area contributed by atoms with Crippen LogP contribution in [0.4, 0.5) is 5.69 Å². The first kappa shape index (κ1) is 15.0. The lowest BCUT2D eigenvalue weighted by atomic mass is 9.69. The molecule has 2 aliphatic rings. The monoisotopic (exact) mass is 301 g/mol. The molecule has 2 fully saturated rings. The van der Waals surface area contributed by atoms with E-state index in [1.54, 1.807) is 0 Å². The zero-order valence-electron chi connectivity index (χ0n) is 13.5. The Morgan fingerprint density at radius 3 is 2.71 bits per heavy atom. The second-order valence-electron chi connectivity index (χ2n) is 7.40. The highest BCUT2D eigenvalue weighted by Crippen LogP contribution is 2.66. The number of thioether (sulfide) groups is 1. The van der Waals surface area contributed by atoms with Crippen LogP contribution >= 0.6 is 11.8 Å². The third kappa shape index (κ3) is 2.32. The maximum absolute atomic E-state index is 3.89. The number of anilines is 1. The molecule has 3 rings (SSSR count). The summed E-state index contributed by atoms with van der Waals surface area (Å²) in [5.74, 6) is 1.85. The number of nitrogens with one attached hydrogen (secondary N) is 1. The van der Waals surface area contributed by atoms with Crippen LogP contribution in [-0.4, -0.2) is 11.8 Å². The number of para-hydroxylation sites is 1. The Kier molecular flexibility index (Phi) is 3.85. The third-order valence-electron chi connectivity index (χ3n) is 6.37. The molecule has 3 unspecified atom stereocenters. The summed E-state index contributed by atoms with van der Waals surface area (Å²) in [6.07, 6.45) is 6.08. The smallest absolute Gasteiger partial charge is 0.0480 e. The molecule has 1 nitrogen and oxygen atoms in total. The molecule has 2 bridgehead atoms. The van der Waals surface area contributed by atoms with Crippen molar-refractivity contribution in [2.75, 3.05) is 11.1 Å². The van der Waals surface area contributed by atoms with E-state index in [1.165, 1.54) is 29.8 Å². The minimum absolute atomic E-state index is 0.424. The van der Waals surface area contributed by atoms with Gasteiger partial charge in [0, 0.05) is 22.4 Å². The Morgan fingerprint density at radius 1 is 1.33 bits per heavy atom. The van der Waals surface area contributed by atoms with Gasteiger partial charge < -0.3 is 5.32 Å². The predicted octanol–water partition coefficient (Wildman–Crippen LogP) is 5.59. The maximum Gasteiger partial charge on any atom is 0.0480 e. The quantitative estimate of drug-likeness (QED) is 0.562. The molecular formula is C19H27NS. The largest absolute Gasteiger partial charge is 0.381 e. The van der Waals surface area contributed by atoms with Gasteiger partial charge in [-0.05, 0) is 48.1 Å². The predicted molar refractivity (Wildman–Crippen MR) is 94.0 cm³/mol. The summed E-state index contributed by atoms with van der Waals surface area (Å²) in [5.41, 5.74) is 2.20. The summed E-state index contributed by atoms with van der Waals surface area (Å²) in [6, 6.07) is 9.33. The van der Waals surface area contributed by atoms with Crippen LogP contribution in [0.1, 0.15) is 40.0 Å². The topological polar surface area (TPSA) is 12.0 Å². The van der Waals surface area contributed by atoms with E-state index in [4.69, 9.17) is 0 Å². The molecule has 3 atom stereocenters. The number of benzene rings is 1. The Morgan fingerprint density at radius 2 is 2.10 bits per heavy atom. The zero-order valence-corrected chi connectivity index (χ0v) is 14.3. The van der Waals surface area contributed by atoms with E-state index in [0.29, 0.717) is 16.9 Å². The van der Waals surface area contributed by atoms with Gasteiger partial charge in [0.15, 0.2) is 0 Å². The van der Waals surface area contributed by atoms with Crippen LogP contribution in [0.15, 0.2) is 41.8 Å². The van der Waals surface area contributed by atoms with Gasteiger partial charge in [-0.3, -0.25) is 0 Å². The molecule has 1 N–H and O–H groups in total. The van der Waals surface area contributed by atoms with Gasteiger partial charge in [0.25, 0.3) is 0 Å². The lowest BCUT2D eigenvalue weighted by molar-refractivity contribution is 0.142. The first-order valence-corrected chi connectivity index (χ1v) is 9.07. The van der Waals surface area contributed by atoms with E-state index in [-0.39, 0.29) is 0 Å². The molecule has 0 aliphatic heterocycles. The van der Waals surface area contributed by atoms with E-state index in [0.717, 1.165) is 11.7 Å². The Labute approximate surface area is 133 Å². The van der Waals surface area contributed by atoms with Crippen LogP contribution in [0.2, 0.25) is 0 Å². The maximum atomic E-state index is 3.89. The first-order chi connectivity index (χ1) is 9.99. The Hall–Kier alpha value is -0.890. The summed E-state index contributed by atoms with van der Waals surface area (Å²) in [7, 11) is 0. The van der Waals surface area contributed by atoms with Crippen LogP contribution in [0.5, 0.6) is 0 Å². The summed E-state index contributed by atoms with van der Waals surface area (Å²) < 4.78 is 0. The molecule has 114 valence electrons. The van der Waals surface area contributed by atoms with Crippen molar-refractivity contribution in [1.82, 2.24) is 0 Å². The highest BCUT2D eigenvalue weighted by atomic mass is 32.2. The fourth-order valence-corrected chi connectivity index (χ4v) is 5.22. The highest BCUT2D eigenvalue weighted by molar-refractivity contribution is 7.99. The number of fused-ring (bicyclic) bond motifs is 2. The van der Waals surface area contributed by atoms with Gasteiger partial charge in [0.2, 0.25) is 0 Å². The fourth-order valence-electron chi connectivity index (χ4n) is 4.47. The summed E-state index contributed by atoms with van der Waals surface area (Å²) in [6.45, 7) is 11.3. The van der Waals surface area contributed by atoms with Crippen molar-refractivity contribution in [3.05, 3.63) is 36.9 Å². The van der Waals surface area contributed by atoms with Gasteiger partial charge in [0.05, 0.1) is 0 Å². The second-order valence-corrected chi connectivity index (χ2v) is 8.47. The number of rotatable bonds is 5. The zero-order chi connectivity index (χ0) is 15.1. The Bertz CT molecular complexity index is 536. The fraction of sp³-hybridized carbons (Fsp3) is 0.579. The van der Waals surface area contributed by atoms with Crippen LogP contribution in [0.25, 0.3) is 0 Å². The van der Waals surface area contributed by atoms with Crippen LogP contribution in [-0.2, 0) is 0 Å². The van der Waals surface area contributed by atoms with Crippen molar-refractivity contribution < 1.29 is 0 Å². The van der Waals surface area contributed by atoms with Crippen molar-refractivity contribution in [2.45, 2.75) is 51.0 Å².